The summed E-state index contributed by atoms with van der Waals surface area (Å²) in [4.78, 5) is 11.0. The highest BCUT2D eigenvalue weighted by Crippen LogP contribution is 2.41. The minimum atomic E-state index is 0.271. The Morgan fingerprint density at radius 3 is 2.88 bits per heavy atom. The van der Waals surface area contributed by atoms with E-state index in [2.05, 4.69) is 81.7 Å². The molecular formula is C24H23N7S. The number of hydrogen-bond acceptors (Lipinski definition) is 6. The fourth-order valence-electron chi connectivity index (χ4n) is 4.99. The van der Waals surface area contributed by atoms with Gasteiger partial charge in [0.1, 0.15) is 11.3 Å². The lowest BCUT2D eigenvalue weighted by atomic mass is 10.0. The van der Waals surface area contributed by atoms with Crippen molar-refractivity contribution < 1.29 is 0 Å². The van der Waals surface area contributed by atoms with E-state index in [0.717, 1.165) is 47.5 Å². The zero-order valence-electron chi connectivity index (χ0n) is 18.3. The van der Waals surface area contributed by atoms with Crippen molar-refractivity contribution in [2.24, 2.45) is 0 Å². The van der Waals surface area contributed by atoms with E-state index < -0.39 is 0 Å². The number of fused-ring (bicyclic) bond motifs is 2. The standard InChI is InChI=1S/C24H23N7S/c1-4-20-26-21-13(2)11-14(3)25-24(21)31(20)19-8-6-15-12-16(5-7-17(15)19)22-18(9-10-32-22)23-27-29-30-28-23/h5,7,9-12,19H,4,6,8H2,1-3H3,(H,27,28,29,30). The summed E-state index contributed by atoms with van der Waals surface area (Å²) in [5.74, 6) is 1.75. The molecule has 0 saturated carbocycles. The number of aromatic amines is 1. The molecular weight excluding hydrogens is 418 g/mol. The Hall–Kier alpha value is -3.39. The molecule has 1 unspecified atom stereocenters. The molecule has 0 spiro atoms. The zero-order valence-corrected chi connectivity index (χ0v) is 19.1. The highest BCUT2D eigenvalue weighted by Gasteiger charge is 2.29. The van der Waals surface area contributed by atoms with E-state index in [9.17, 15) is 0 Å². The van der Waals surface area contributed by atoms with Crippen molar-refractivity contribution in [3.63, 3.8) is 0 Å². The van der Waals surface area contributed by atoms with Gasteiger partial charge in [0.15, 0.2) is 5.65 Å². The first-order valence-electron chi connectivity index (χ1n) is 10.9. The number of benzene rings is 1. The monoisotopic (exact) mass is 441 g/mol. The molecule has 1 aliphatic rings. The molecule has 1 atom stereocenters. The lowest BCUT2D eigenvalue weighted by molar-refractivity contribution is 0.566. The number of thiophene rings is 1. The summed E-state index contributed by atoms with van der Waals surface area (Å²) in [7, 11) is 0. The van der Waals surface area contributed by atoms with Crippen molar-refractivity contribution in [2.75, 3.05) is 0 Å². The number of rotatable bonds is 4. The van der Waals surface area contributed by atoms with E-state index in [1.54, 1.807) is 11.3 Å². The van der Waals surface area contributed by atoms with Crippen molar-refractivity contribution in [3.8, 4) is 21.8 Å². The first-order valence-corrected chi connectivity index (χ1v) is 11.8. The second-order valence-corrected chi connectivity index (χ2v) is 9.29. The summed E-state index contributed by atoms with van der Waals surface area (Å²) in [5, 5.41) is 16.7. The minimum absolute atomic E-state index is 0.271. The summed E-state index contributed by atoms with van der Waals surface area (Å²) in [5.41, 5.74) is 9.27. The van der Waals surface area contributed by atoms with Gasteiger partial charge in [-0.05, 0) is 77.7 Å². The third-order valence-corrected chi connectivity index (χ3v) is 7.33. The van der Waals surface area contributed by atoms with Gasteiger partial charge in [-0.3, -0.25) is 0 Å². The van der Waals surface area contributed by atoms with Gasteiger partial charge < -0.3 is 4.57 Å². The van der Waals surface area contributed by atoms with Crippen LogP contribution >= 0.6 is 11.3 Å². The van der Waals surface area contributed by atoms with Crippen molar-refractivity contribution >= 4 is 22.5 Å². The molecule has 0 saturated heterocycles. The number of aryl methyl sites for hydroxylation is 4. The molecule has 0 fully saturated rings. The first-order chi connectivity index (χ1) is 15.6. The maximum Gasteiger partial charge on any atom is 0.206 e. The van der Waals surface area contributed by atoms with Crippen molar-refractivity contribution in [3.05, 3.63) is 63.9 Å². The quantitative estimate of drug-likeness (QED) is 0.422. The van der Waals surface area contributed by atoms with Gasteiger partial charge in [-0.2, -0.15) is 5.21 Å². The van der Waals surface area contributed by atoms with Crippen LogP contribution in [0, 0.1) is 13.8 Å². The molecule has 5 aromatic rings. The Kier molecular flexibility index (Phi) is 4.43. The Morgan fingerprint density at radius 2 is 2.06 bits per heavy atom. The number of imidazole rings is 1. The fourth-order valence-corrected chi connectivity index (χ4v) is 5.88. The lowest BCUT2D eigenvalue weighted by Gasteiger charge is -2.18. The summed E-state index contributed by atoms with van der Waals surface area (Å²) in [6.45, 7) is 6.37. The van der Waals surface area contributed by atoms with E-state index >= 15 is 0 Å². The van der Waals surface area contributed by atoms with Crippen LogP contribution in [0.1, 0.15) is 47.6 Å². The number of hydrogen-bond donors (Lipinski definition) is 1. The minimum Gasteiger partial charge on any atom is -0.305 e. The normalized spacial score (nSPS) is 15.5. The maximum atomic E-state index is 4.97. The number of tetrazole rings is 1. The van der Waals surface area contributed by atoms with E-state index in [-0.39, 0.29) is 6.04 Å². The van der Waals surface area contributed by atoms with Gasteiger partial charge in [-0.15, -0.1) is 21.5 Å². The average Bonchev–Trinajstić information content (AvgIpc) is 3.57. The van der Waals surface area contributed by atoms with Gasteiger partial charge >= 0.3 is 0 Å². The van der Waals surface area contributed by atoms with Gasteiger partial charge in [0.25, 0.3) is 0 Å². The topological polar surface area (TPSA) is 85.2 Å². The molecule has 4 heterocycles. The average molecular weight is 442 g/mol. The third-order valence-electron chi connectivity index (χ3n) is 6.37. The number of nitrogens with one attached hydrogen (secondary N) is 1. The molecule has 8 heteroatoms. The van der Waals surface area contributed by atoms with Crippen molar-refractivity contribution in [1.29, 1.82) is 0 Å². The summed E-state index contributed by atoms with van der Waals surface area (Å²) < 4.78 is 2.39. The zero-order chi connectivity index (χ0) is 21.8. The van der Waals surface area contributed by atoms with Crippen molar-refractivity contribution in [1.82, 2.24) is 35.2 Å². The summed E-state index contributed by atoms with van der Waals surface area (Å²) >= 11 is 1.71. The molecule has 0 amide bonds. The molecule has 0 aliphatic heterocycles. The van der Waals surface area contributed by atoms with Crippen LogP contribution < -0.4 is 0 Å². The SMILES string of the molecule is CCc1nc2c(C)cc(C)nc2n1C1CCc2cc(-c3sccc3-c3nn[nH]n3)ccc21. The predicted molar refractivity (Wildman–Crippen MR) is 126 cm³/mol. The Balaban J connectivity index is 1.45. The molecule has 1 N–H and O–H groups in total. The molecule has 0 radical (unpaired) electrons. The van der Waals surface area contributed by atoms with Gasteiger partial charge in [0.2, 0.25) is 5.82 Å². The maximum absolute atomic E-state index is 4.97. The second-order valence-electron chi connectivity index (χ2n) is 8.37. The molecule has 1 aliphatic carbocycles. The molecule has 32 heavy (non-hydrogen) atoms. The summed E-state index contributed by atoms with van der Waals surface area (Å²) in [6, 6.07) is 11.3. The van der Waals surface area contributed by atoms with E-state index in [4.69, 9.17) is 9.97 Å². The van der Waals surface area contributed by atoms with Gasteiger partial charge in [-0.1, -0.05) is 19.1 Å². The van der Waals surface area contributed by atoms with Crippen LogP contribution in [0.4, 0.5) is 0 Å². The number of aromatic nitrogens is 7. The summed E-state index contributed by atoms with van der Waals surface area (Å²) in [6.07, 6.45) is 3.00. The molecule has 7 nitrogen and oxygen atoms in total. The largest absolute Gasteiger partial charge is 0.305 e. The third kappa shape index (κ3) is 2.90. The molecule has 1 aromatic carbocycles. The van der Waals surface area contributed by atoms with Gasteiger partial charge in [0, 0.05) is 22.6 Å². The number of pyridine rings is 1. The molecule has 160 valence electrons. The van der Waals surface area contributed by atoms with Gasteiger partial charge in [0.05, 0.1) is 6.04 Å². The highest BCUT2D eigenvalue weighted by atomic mass is 32.1. The Morgan fingerprint density at radius 1 is 1.16 bits per heavy atom. The fraction of sp³-hybridized carbons (Fsp3) is 0.292. The Bertz CT molecular complexity index is 1450. The van der Waals surface area contributed by atoms with Crippen LogP contribution in [0.15, 0.2) is 35.7 Å². The van der Waals surface area contributed by atoms with E-state index in [1.165, 1.54) is 27.1 Å². The molecule has 4 aromatic heterocycles. The lowest BCUT2D eigenvalue weighted by Crippen LogP contribution is -2.11. The van der Waals surface area contributed by atoms with Crippen LogP contribution in [0.25, 0.3) is 33.0 Å². The smallest absolute Gasteiger partial charge is 0.206 e. The second kappa shape index (κ2) is 7.34. The predicted octanol–water partition coefficient (Wildman–Crippen LogP) is 5.05. The molecule has 0 bridgehead atoms. The van der Waals surface area contributed by atoms with E-state index in [1.807, 2.05) is 0 Å². The van der Waals surface area contributed by atoms with Crippen LogP contribution in [-0.2, 0) is 12.8 Å². The van der Waals surface area contributed by atoms with Crippen LogP contribution in [-0.4, -0.2) is 35.2 Å². The highest BCUT2D eigenvalue weighted by molar-refractivity contribution is 7.14. The van der Waals surface area contributed by atoms with E-state index in [0.29, 0.717) is 5.82 Å². The number of H-pyrrole nitrogens is 1. The molecule has 6 rings (SSSR count). The van der Waals surface area contributed by atoms with Gasteiger partial charge in [-0.25, -0.2) is 9.97 Å². The first kappa shape index (κ1) is 19.3. The van der Waals surface area contributed by atoms with Crippen LogP contribution in [0.5, 0.6) is 0 Å². The van der Waals surface area contributed by atoms with Crippen molar-refractivity contribution in [2.45, 2.75) is 46.1 Å². The van der Waals surface area contributed by atoms with Crippen LogP contribution in [0.2, 0.25) is 0 Å². The Labute approximate surface area is 189 Å². The van der Waals surface area contributed by atoms with Crippen LogP contribution in [0.3, 0.4) is 0 Å². The number of nitrogens with zero attached hydrogens (tertiary/aromatic N) is 6.